The lowest BCUT2D eigenvalue weighted by Gasteiger charge is -2.26. The zero-order chi connectivity index (χ0) is 14.2. The fraction of sp³-hybridized carbons (Fsp3) is 0.375. The van der Waals surface area contributed by atoms with Crippen LogP contribution in [0, 0.1) is 16.7 Å². The molecule has 0 amide bonds. The number of carbonyl (C=O) groups is 1. The highest BCUT2D eigenvalue weighted by molar-refractivity contribution is 6.00. The van der Waals surface area contributed by atoms with Crippen molar-refractivity contribution in [2.75, 3.05) is 6.79 Å². The van der Waals surface area contributed by atoms with Gasteiger partial charge in [0, 0.05) is 6.42 Å². The number of hydrogen-bond acceptors (Lipinski definition) is 4. The summed E-state index contributed by atoms with van der Waals surface area (Å²) in [5.74, 6) is 1.52. The van der Waals surface area contributed by atoms with Crippen LogP contribution in [0.5, 0.6) is 11.5 Å². The van der Waals surface area contributed by atoms with E-state index >= 15 is 0 Å². The zero-order valence-corrected chi connectivity index (χ0v) is 11.3. The number of nitriles is 1. The smallest absolute Gasteiger partial charge is 0.231 e. The maximum Gasteiger partial charge on any atom is 0.231 e. The fourth-order valence-corrected chi connectivity index (χ4v) is 2.56. The monoisotopic (exact) mass is 269 g/mol. The molecular weight excluding hydrogens is 254 g/mol. The Kier molecular flexibility index (Phi) is 2.98. The Morgan fingerprint density at radius 2 is 2.15 bits per heavy atom. The van der Waals surface area contributed by atoms with E-state index in [1.165, 1.54) is 0 Å². The minimum atomic E-state index is -0.511. The molecule has 0 radical (unpaired) electrons. The Bertz CT molecular complexity index is 642. The van der Waals surface area contributed by atoms with E-state index < -0.39 is 5.41 Å². The van der Waals surface area contributed by atoms with E-state index in [1.807, 2.05) is 31.2 Å². The summed E-state index contributed by atoms with van der Waals surface area (Å²) in [4.78, 5) is 12.1. The number of ether oxygens (including phenoxy) is 2. The molecule has 2 aliphatic rings. The van der Waals surface area contributed by atoms with Crippen molar-refractivity contribution in [2.24, 2.45) is 5.41 Å². The highest BCUT2D eigenvalue weighted by Gasteiger charge is 2.33. The molecule has 1 heterocycles. The first-order valence-electron chi connectivity index (χ1n) is 6.64. The van der Waals surface area contributed by atoms with Crippen LogP contribution in [0.3, 0.4) is 0 Å². The number of ketones is 1. The molecule has 0 saturated heterocycles. The van der Waals surface area contributed by atoms with Crippen molar-refractivity contribution in [3.05, 3.63) is 29.3 Å². The highest BCUT2D eigenvalue weighted by atomic mass is 16.7. The van der Waals surface area contributed by atoms with Gasteiger partial charge in [0.05, 0.1) is 11.5 Å². The number of hydrogen-bond donors (Lipinski definition) is 0. The summed E-state index contributed by atoms with van der Waals surface area (Å²) in [5.41, 5.74) is 1.21. The summed E-state index contributed by atoms with van der Waals surface area (Å²) in [6.45, 7) is 2.09. The number of allylic oxidation sites excluding steroid dienone is 1. The van der Waals surface area contributed by atoms with Gasteiger partial charge in [-0.05, 0) is 49.1 Å². The molecule has 0 unspecified atom stereocenters. The summed E-state index contributed by atoms with van der Waals surface area (Å²) >= 11 is 0. The molecule has 1 aromatic carbocycles. The molecule has 0 spiro atoms. The summed E-state index contributed by atoms with van der Waals surface area (Å²) in [6, 6.07) is 7.88. The minimum Gasteiger partial charge on any atom is -0.454 e. The van der Waals surface area contributed by atoms with Crippen molar-refractivity contribution in [1.82, 2.24) is 0 Å². The summed E-state index contributed by atoms with van der Waals surface area (Å²) in [5, 5.41) is 9.10. The first kappa shape index (κ1) is 12.7. The van der Waals surface area contributed by atoms with Gasteiger partial charge in [-0.15, -0.1) is 0 Å². The number of nitrogens with zero attached hydrogens (tertiary/aromatic N) is 1. The Morgan fingerprint density at radius 1 is 1.35 bits per heavy atom. The molecule has 1 saturated carbocycles. The van der Waals surface area contributed by atoms with Crippen molar-refractivity contribution < 1.29 is 14.3 Å². The maximum atomic E-state index is 12.1. The molecule has 4 nitrogen and oxygen atoms in total. The predicted octanol–water partition coefficient (Wildman–Crippen LogP) is 3.08. The van der Waals surface area contributed by atoms with E-state index in [0.29, 0.717) is 18.6 Å². The van der Waals surface area contributed by atoms with Crippen LogP contribution in [0.15, 0.2) is 23.8 Å². The van der Waals surface area contributed by atoms with Gasteiger partial charge in [0.1, 0.15) is 0 Å². The van der Waals surface area contributed by atoms with Gasteiger partial charge in [-0.25, -0.2) is 0 Å². The Balaban J connectivity index is 1.83. The van der Waals surface area contributed by atoms with Gasteiger partial charge in [0.25, 0.3) is 0 Å². The van der Waals surface area contributed by atoms with Gasteiger partial charge >= 0.3 is 0 Å². The van der Waals surface area contributed by atoms with E-state index in [1.54, 1.807) is 0 Å². The molecule has 102 valence electrons. The average Bonchev–Trinajstić information content (AvgIpc) is 2.90. The number of benzene rings is 1. The van der Waals surface area contributed by atoms with Crippen LogP contribution in [-0.4, -0.2) is 12.6 Å². The molecule has 3 rings (SSSR count). The lowest BCUT2D eigenvalue weighted by atomic mass is 9.74. The minimum absolute atomic E-state index is 0.0676. The summed E-state index contributed by atoms with van der Waals surface area (Å²) in [6.07, 6.45) is 3.57. The Labute approximate surface area is 117 Å². The van der Waals surface area contributed by atoms with Gasteiger partial charge < -0.3 is 9.47 Å². The third-order valence-corrected chi connectivity index (χ3v) is 3.86. The largest absolute Gasteiger partial charge is 0.454 e. The number of fused-ring (bicyclic) bond motifs is 1. The molecule has 0 aromatic heterocycles. The predicted molar refractivity (Wildman–Crippen MR) is 73.1 cm³/mol. The standard InChI is InChI=1S/C16H15NO3/c1-16(9-17)5-4-12(13(18)8-16)6-11-2-3-14-15(7-11)20-10-19-14/h2-3,6-7H,4-5,8,10H2,1H3/b12-6-/t16-/m0/s1. The molecule has 1 fully saturated rings. The van der Waals surface area contributed by atoms with Crippen LogP contribution >= 0.6 is 0 Å². The molecule has 1 aromatic rings. The second-order valence-electron chi connectivity index (χ2n) is 5.55. The van der Waals surface area contributed by atoms with Crippen LogP contribution in [0.25, 0.3) is 6.08 Å². The molecule has 0 N–H and O–H groups in total. The van der Waals surface area contributed by atoms with E-state index in [9.17, 15) is 4.79 Å². The molecular formula is C16H15NO3. The van der Waals surface area contributed by atoms with Crippen molar-refractivity contribution in [1.29, 1.82) is 5.26 Å². The third kappa shape index (κ3) is 2.27. The topological polar surface area (TPSA) is 59.3 Å². The van der Waals surface area contributed by atoms with Crippen molar-refractivity contribution in [3.8, 4) is 17.6 Å². The number of carbonyl (C=O) groups excluding carboxylic acids is 1. The molecule has 1 aliphatic carbocycles. The summed E-state index contributed by atoms with van der Waals surface area (Å²) < 4.78 is 10.6. The van der Waals surface area contributed by atoms with E-state index in [2.05, 4.69) is 6.07 Å². The van der Waals surface area contributed by atoms with Crippen molar-refractivity contribution in [2.45, 2.75) is 26.2 Å². The second-order valence-corrected chi connectivity index (χ2v) is 5.55. The van der Waals surface area contributed by atoms with Crippen molar-refractivity contribution >= 4 is 11.9 Å². The highest BCUT2D eigenvalue weighted by Crippen LogP contribution is 2.37. The summed E-state index contributed by atoms with van der Waals surface area (Å²) in [7, 11) is 0. The van der Waals surface area contributed by atoms with E-state index in [4.69, 9.17) is 14.7 Å². The fourth-order valence-electron chi connectivity index (χ4n) is 2.56. The maximum absolute atomic E-state index is 12.1. The van der Waals surface area contributed by atoms with Crippen LogP contribution in [0.4, 0.5) is 0 Å². The Morgan fingerprint density at radius 3 is 2.90 bits per heavy atom. The third-order valence-electron chi connectivity index (χ3n) is 3.86. The lowest BCUT2D eigenvalue weighted by molar-refractivity contribution is -0.118. The van der Waals surface area contributed by atoms with Crippen molar-refractivity contribution in [3.63, 3.8) is 0 Å². The first-order chi connectivity index (χ1) is 9.59. The van der Waals surface area contributed by atoms with Gasteiger partial charge in [-0.2, -0.15) is 5.26 Å². The van der Waals surface area contributed by atoms with Crippen LogP contribution in [0.2, 0.25) is 0 Å². The van der Waals surface area contributed by atoms with E-state index in [-0.39, 0.29) is 12.6 Å². The quantitative estimate of drug-likeness (QED) is 0.735. The molecule has 0 bridgehead atoms. The Hall–Kier alpha value is -2.28. The normalized spacial score (nSPS) is 26.6. The van der Waals surface area contributed by atoms with Gasteiger partial charge in [-0.3, -0.25) is 4.79 Å². The zero-order valence-electron chi connectivity index (χ0n) is 11.3. The second kappa shape index (κ2) is 4.68. The number of rotatable bonds is 1. The van der Waals surface area contributed by atoms with Crippen LogP contribution in [0.1, 0.15) is 31.7 Å². The average molecular weight is 269 g/mol. The molecule has 1 aliphatic heterocycles. The number of Topliss-reactive ketones (excluding diaryl/α,β-unsaturated/α-hetero) is 1. The SMILES string of the molecule is C[C@]1(C#N)CC/C(=C/c2ccc3c(c2)OCO3)C(=O)C1. The van der Waals surface area contributed by atoms with Crippen LogP contribution < -0.4 is 9.47 Å². The van der Waals surface area contributed by atoms with Gasteiger partial charge in [0.2, 0.25) is 6.79 Å². The first-order valence-corrected chi connectivity index (χ1v) is 6.64. The van der Waals surface area contributed by atoms with Gasteiger partial charge in [-0.1, -0.05) is 6.07 Å². The van der Waals surface area contributed by atoms with Gasteiger partial charge in [0.15, 0.2) is 17.3 Å². The molecule has 1 atom stereocenters. The molecule has 20 heavy (non-hydrogen) atoms. The lowest BCUT2D eigenvalue weighted by Crippen LogP contribution is -2.25. The van der Waals surface area contributed by atoms with E-state index in [0.717, 1.165) is 23.3 Å². The molecule has 4 heteroatoms. The van der Waals surface area contributed by atoms with Crippen LogP contribution in [-0.2, 0) is 4.79 Å².